The summed E-state index contributed by atoms with van der Waals surface area (Å²) in [5.74, 6) is -0.964. The second-order valence-electron chi connectivity index (χ2n) is 9.37. The second-order valence-corrected chi connectivity index (χ2v) is 9.78. The van der Waals surface area contributed by atoms with Gasteiger partial charge in [0.15, 0.2) is 0 Å². The molecule has 2 atom stereocenters. The maximum Gasteiger partial charge on any atom is 0.432 e. The van der Waals surface area contributed by atoms with Gasteiger partial charge in [-0.1, -0.05) is 48.0 Å². The molecule has 0 saturated carbocycles. The highest BCUT2D eigenvalue weighted by molar-refractivity contribution is 6.33. The molecule has 7 nitrogen and oxygen atoms in total. The fourth-order valence-electron chi connectivity index (χ4n) is 4.65. The minimum atomic E-state index is -4.85. The number of amides is 1. The van der Waals surface area contributed by atoms with Gasteiger partial charge in [-0.3, -0.25) is 15.0 Å². The smallest absolute Gasteiger partial charge is 0.432 e. The molecule has 0 spiro atoms. The van der Waals surface area contributed by atoms with Crippen molar-refractivity contribution in [3.05, 3.63) is 101 Å². The molecule has 3 aromatic rings. The Bertz CT molecular complexity index is 1460. The number of carbonyl (C=O) groups is 2. The van der Waals surface area contributed by atoms with Crippen LogP contribution in [0.1, 0.15) is 27.4 Å². The highest BCUT2D eigenvalue weighted by Gasteiger charge is 2.41. The fourth-order valence-corrected chi connectivity index (χ4v) is 4.83. The number of ether oxygens (including phenoxy) is 2. The summed E-state index contributed by atoms with van der Waals surface area (Å²) < 4.78 is 49.7. The Morgan fingerprint density at radius 3 is 2.20 bits per heavy atom. The van der Waals surface area contributed by atoms with E-state index in [1.807, 2.05) is 12.1 Å². The van der Waals surface area contributed by atoms with Crippen molar-refractivity contribution in [1.82, 2.24) is 4.90 Å². The van der Waals surface area contributed by atoms with Crippen molar-refractivity contribution in [2.75, 3.05) is 32.6 Å². The zero-order valence-electron chi connectivity index (χ0n) is 22.2. The van der Waals surface area contributed by atoms with E-state index in [1.165, 1.54) is 31.4 Å². The molecule has 3 aromatic carbocycles. The van der Waals surface area contributed by atoms with Gasteiger partial charge >= 0.3 is 12.1 Å². The first-order valence-corrected chi connectivity index (χ1v) is 12.9. The van der Waals surface area contributed by atoms with E-state index in [-0.39, 0.29) is 41.2 Å². The molecule has 0 bridgehead atoms. The van der Waals surface area contributed by atoms with Gasteiger partial charge in [0.2, 0.25) is 0 Å². The van der Waals surface area contributed by atoms with Crippen molar-refractivity contribution in [1.29, 1.82) is 5.41 Å². The van der Waals surface area contributed by atoms with Crippen LogP contribution in [0, 0.1) is 11.3 Å². The number of para-hydroxylation sites is 1. The largest absolute Gasteiger partial charge is 0.497 e. The maximum absolute atomic E-state index is 13.4. The Hall–Kier alpha value is -4.31. The number of nitrogens with one attached hydrogen (secondary N) is 2. The summed E-state index contributed by atoms with van der Waals surface area (Å²) in [6, 6.07) is 19.7. The lowest BCUT2D eigenvalue weighted by atomic mass is 9.89. The van der Waals surface area contributed by atoms with Crippen LogP contribution in [0.5, 0.6) is 5.75 Å². The first-order chi connectivity index (χ1) is 19.5. The van der Waals surface area contributed by atoms with Crippen LogP contribution in [0.3, 0.4) is 0 Å². The number of alkyl halides is 3. The van der Waals surface area contributed by atoms with E-state index in [1.54, 1.807) is 48.4 Å². The summed E-state index contributed by atoms with van der Waals surface area (Å²) in [6.45, 7) is 0.417. The fraction of sp³-hybridized carbons (Fsp3) is 0.233. The number of benzene rings is 3. The Morgan fingerprint density at radius 2 is 1.61 bits per heavy atom. The van der Waals surface area contributed by atoms with Crippen LogP contribution in [0.2, 0.25) is 5.02 Å². The van der Waals surface area contributed by atoms with Crippen molar-refractivity contribution >= 4 is 40.6 Å². The number of allylic oxidation sites excluding steroid dienone is 1. The van der Waals surface area contributed by atoms with Crippen LogP contribution >= 0.6 is 11.6 Å². The number of rotatable bonds is 8. The minimum absolute atomic E-state index is 0.0223. The second kappa shape index (κ2) is 12.5. The molecule has 1 aliphatic rings. The number of hydrogen-bond donors (Lipinski definition) is 2. The molecule has 1 amide bonds. The third-order valence-electron chi connectivity index (χ3n) is 6.84. The van der Waals surface area contributed by atoms with Gasteiger partial charge in [0.25, 0.3) is 5.91 Å². The standard InChI is InChI=1S/C30H27ClF3N3O4/c1-40-21-13-11-18(12-14-21)22-16-37(17-23(22)29(39)41-2)28(38)20-9-7-19(8-10-20)26(15-27(35)30(32,33)34)36-25-6-4-3-5-24(25)31/h3-15,22-23,35-36H,16-17H2,1-2H3/b26-15-,35-27?/t22-,23-/m1/s1. The number of halogens is 4. The molecule has 4 rings (SSSR count). The normalized spacial score (nSPS) is 17.2. The van der Waals surface area contributed by atoms with Gasteiger partial charge in [0.05, 0.1) is 30.8 Å². The van der Waals surface area contributed by atoms with E-state index in [0.29, 0.717) is 23.1 Å². The van der Waals surface area contributed by atoms with Crippen LogP contribution in [-0.2, 0) is 9.53 Å². The van der Waals surface area contributed by atoms with Crippen LogP contribution in [0.4, 0.5) is 18.9 Å². The third kappa shape index (κ3) is 6.89. The molecule has 11 heteroatoms. The Morgan fingerprint density at radius 1 is 0.976 bits per heavy atom. The molecular formula is C30H27ClF3N3O4. The predicted octanol–water partition coefficient (Wildman–Crippen LogP) is 6.41. The van der Waals surface area contributed by atoms with Gasteiger partial charge in [0, 0.05) is 30.3 Å². The molecule has 0 radical (unpaired) electrons. The highest BCUT2D eigenvalue weighted by Crippen LogP contribution is 2.35. The number of methoxy groups -OCH3 is 2. The summed E-state index contributed by atoms with van der Waals surface area (Å²) in [5, 5.41) is 10.6. The molecule has 1 saturated heterocycles. The topological polar surface area (TPSA) is 91.7 Å². The molecule has 2 N–H and O–H groups in total. The first kappa shape index (κ1) is 29.7. The number of esters is 1. The lowest BCUT2D eigenvalue weighted by molar-refractivity contribution is -0.145. The zero-order chi connectivity index (χ0) is 29.7. The van der Waals surface area contributed by atoms with Crippen molar-refractivity contribution in [3.8, 4) is 5.75 Å². The highest BCUT2D eigenvalue weighted by atomic mass is 35.5. The SMILES string of the molecule is COC(=O)[C@@H]1CN(C(=O)c2ccc(/C(=C/C(=N)C(F)(F)F)Nc3ccccc3Cl)cc2)C[C@@H]1c1ccc(OC)cc1. The van der Waals surface area contributed by atoms with Crippen molar-refractivity contribution in [2.24, 2.45) is 5.92 Å². The van der Waals surface area contributed by atoms with Gasteiger partial charge in [-0.15, -0.1) is 0 Å². The average Bonchev–Trinajstić information content (AvgIpc) is 3.42. The quantitative estimate of drug-likeness (QED) is 0.235. The van der Waals surface area contributed by atoms with Crippen molar-refractivity contribution < 1.29 is 32.2 Å². The van der Waals surface area contributed by atoms with E-state index < -0.39 is 23.8 Å². The minimum Gasteiger partial charge on any atom is -0.497 e. The summed E-state index contributed by atoms with van der Waals surface area (Å²) in [5.41, 5.74) is 0.232. The maximum atomic E-state index is 13.4. The van der Waals surface area contributed by atoms with E-state index in [9.17, 15) is 22.8 Å². The van der Waals surface area contributed by atoms with Crippen LogP contribution in [-0.4, -0.2) is 56.0 Å². The van der Waals surface area contributed by atoms with E-state index >= 15 is 0 Å². The van der Waals surface area contributed by atoms with Gasteiger partial charge in [-0.25, -0.2) is 0 Å². The monoisotopic (exact) mass is 585 g/mol. The molecular weight excluding hydrogens is 559 g/mol. The van der Waals surface area contributed by atoms with E-state index in [2.05, 4.69) is 5.32 Å². The van der Waals surface area contributed by atoms with Gasteiger partial charge in [-0.05, 0) is 53.6 Å². The van der Waals surface area contributed by atoms with Gasteiger partial charge < -0.3 is 19.7 Å². The van der Waals surface area contributed by atoms with E-state index in [0.717, 1.165) is 5.56 Å². The van der Waals surface area contributed by atoms with Gasteiger partial charge in [0.1, 0.15) is 11.5 Å². The summed E-state index contributed by atoms with van der Waals surface area (Å²) in [7, 11) is 2.86. The number of likely N-dealkylation sites (tertiary alicyclic amines) is 1. The molecule has 214 valence electrons. The Labute approximate surface area is 240 Å². The zero-order valence-corrected chi connectivity index (χ0v) is 22.9. The van der Waals surface area contributed by atoms with Crippen LogP contribution < -0.4 is 10.1 Å². The number of carbonyl (C=O) groups excluding carboxylic acids is 2. The average molecular weight is 586 g/mol. The van der Waals surface area contributed by atoms with Crippen molar-refractivity contribution in [3.63, 3.8) is 0 Å². The summed E-state index contributed by atoms with van der Waals surface area (Å²) in [4.78, 5) is 27.6. The van der Waals surface area contributed by atoms with E-state index in [4.69, 9.17) is 26.5 Å². The molecule has 0 aliphatic carbocycles. The molecule has 1 fully saturated rings. The Balaban J connectivity index is 1.58. The molecule has 41 heavy (non-hydrogen) atoms. The number of nitrogens with zero attached hydrogens (tertiary/aromatic N) is 1. The number of hydrogen-bond acceptors (Lipinski definition) is 6. The number of anilines is 1. The third-order valence-corrected chi connectivity index (χ3v) is 7.16. The van der Waals surface area contributed by atoms with Crippen LogP contribution in [0.15, 0.2) is 78.9 Å². The van der Waals surface area contributed by atoms with Crippen LogP contribution in [0.25, 0.3) is 5.70 Å². The first-order valence-electron chi connectivity index (χ1n) is 12.5. The molecule has 0 unspecified atom stereocenters. The molecule has 1 heterocycles. The van der Waals surface area contributed by atoms with Gasteiger partial charge in [-0.2, -0.15) is 13.2 Å². The lowest BCUT2D eigenvalue weighted by Gasteiger charge is -2.18. The predicted molar refractivity (Wildman–Crippen MR) is 150 cm³/mol. The Kier molecular flexibility index (Phi) is 9.02. The van der Waals surface area contributed by atoms with Crippen molar-refractivity contribution in [2.45, 2.75) is 12.1 Å². The molecule has 1 aliphatic heterocycles. The lowest BCUT2D eigenvalue weighted by Crippen LogP contribution is -2.30. The summed E-state index contributed by atoms with van der Waals surface area (Å²) >= 11 is 6.18. The summed E-state index contributed by atoms with van der Waals surface area (Å²) in [6.07, 6.45) is -4.18. The molecule has 0 aromatic heterocycles.